The third-order valence-electron chi connectivity index (χ3n) is 4.97. The Balaban J connectivity index is 1.51. The van der Waals surface area contributed by atoms with Gasteiger partial charge in [0.2, 0.25) is 5.89 Å². The molecule has 1 aliphatic rings. The predicted molar refractivity (Wildman–Crippen MR) is 118 cm³/mol. The minimum atomic E-state index is -0.930. The van der Waals surface area contributed by atoms with E-state index in [9.17, 15) is 23.2 Å². The van der Waals surface area contributed by atoms with Crippen molar-refractivity contribution >= 4 is 23.3 Å². The van der Waals surface area contributed by atoms with Crippen LogP contribution in [0.3, 0.4) is 0 Å². The van der Waals surface area contributed by atoms with Crippen molar-refractivity contribution in [3.8, 4) is 11.5 Å². The topological polar surface area (TPSA) is 111 Å². The number of ketones is 1. The minimum Gasteiger partial charge on any atom is -0.482 e. The Labute approximate surface area is 198 Å². The summed E-state index contributed by atoms with van der Waals surface area (Å²) in [5.74, 6) is -2.80. The number of fused-ring (bicyclic) bond motifs is 1. The van der Waals surface area contributed by atoms with Gasteiger partial charge in [0, 0.05) is 17.7 Å². The Kier molecular flexibility index (Phi) is 6.76. The lowest BCUT2D eigenvalue weighted by molar-refractivity contribution is -0.121. The van der Waals surface area contributed by atoms with Gasteiger partial charge in [-0.3, -0.25) is 19.3 Å². The fourth-order valence-electron chi connectivity index (χ4n) is 3.33. The highest BCUT2D eigenvalue weighted by Crippen LogP contribution is 2.34. The highest BCUT2D eigenvalue weighted by Gasteiger charge is 2.28. The Morgan fingerprint density at radius 1 is 1.20 bits per heavy atom. The first-order chi connectivity index (χ1) is 16.7. The maximum absolute atomic E-state index is 13.8. The quantitative estimate of drug-likeness (QED) is 0.488. The number of nitrogens with zero attached hydrogens (tertiary/aromatic N) is 2. The molecule has 9 nitrogen and oxygen atoms in total. The van der Waals surface area contributed by atoms with Crippen LogP contribution in [0.25, 0.3) is 0 Å². The third kappa shape index (κ3) is 5.45. The molecule has 2 amide bonds. The lowest BCUT2D eigenvalue weighted by Gasteiger charge is -2.28. The number of ether oxygens (including phenoxy) is 2. The minimum absolute atomic E-state index is 0.0729. The number of amides is 2. The smallest absolute Gasteiger partial charge is 0.273 e. The van der Waals surface area contributed by atoms with Gasteiger partial charge in [0.05, 0.1) is 5.69 Å². The van der Waals surface area contributed by atoms with Crippen molar-refractivity contribution in [3.05, 3.63) is 71.4 Å². The maximum Gasteiger partial charge on any atom is 0.273 e. The Hall–Kier alpha value is -4.28. The highest BCUT2D eigenvalue weighted by atomic mass is 19.1. The van der Waals surface area contributed by atoms with Gasteiger partial charge in [-0.2, -0.15) is 0 Å². The molecule has 0 atom stereocenters. The molecule has 0 saturated carbocycles. The molecule has 1 aliphatic heterocycles. The highest BCUT2D eigenvalue weighted by molar-refractivity contribution is 6.02. The normalized spacial score (nSPS) is 12.8. The van der Waals surface area contributed by atoms with E-state index in [-0.39, 0.29) is 42.1 Å². The van der Waals surface area contributed by atoms with E-state index >= 15 is 0 Å². The Bertz CT molecular complexity index is 1290. The van der Waals surface area contributed by atoms with E-state index in [1.54, 1.807) is 0 Å². The molecule has 182 valence electrons. The van der Waals surface area contributed by atoms with Crippen LogP contribution in [0, 0.1) is 11.6 Å². The number of benzene rings is 2. The third-order valence-corrected chi connectivity index (χ3v) is 4.97. The first-order valence-electron chi connectivity index (χ1n) is 10.6. The lowest BCUT2D eigenvalue weighted by atomic mass is 10.1. The summed E-state index contributed by atoms with van der Waals surface area (Å²) in [6.45, 7) is 2.78. The van der Waals surface area contributed by atoms with Gasteiger partial charge in [-0.15, -0.1) is 0 Å². The van der Waals surface area contributed by atoms with E-state index in [0.29, 0.717) is 17.5 Å². The summed E-state index contributed by atoms with van der Waals surface area (Å²) in [5.41, 5.74) is 0.550. The SMILES string of the molecule is CC(C)NC(=O)c1coc(CN2C(=O)COc3ccc(C(=O)COc4ccc(F)cc4F)cc32)n1. The van der Waals surface area contributed by atoms with Crippen molar-refractivity contribution in [3.63, 3.8) is 0 Å². The summed E-state index contributed by atoms with van der Waals surface area (Å²) in [5, 5.41) is 2.70. The van der Waals surface area contributed by atoms with Crippen LogP contribution in [0.4, 0.5) is 14.5 Å². The first-order valence-corrected chi connectivity index (χ1v) is 10.6. The molecular formula is C24H21F2N3O6. The number of rotatable bonds is 8. The van der Waals surface area contributed by atoms with Crippen molar-refractivity contribution in [2.24, 2.45) is 0 Å². The molecule has 2 aromatic carbocycles. The number of anilines is 1. The molecule has 2 heterocycles. The second-order valence-corrected chi connectivity index (χ2v) is 7.99. The van der Waals surface area contributed by atoms with Gasteiger partial charge >= 0.3 is 0 Å². The van der Waals surface area contributed by atoms with Crippen molar-refractivity contribution in [2.45, 2.75) is 26.4 Å². The zero-order chi connectivity index (χ0) is 25.1. The molecule has 4 rings (SSSR count). The molecule has 0 aliphatic carbocycles. The van der Waals surface area contributed by atoms with E-state index in [1.807, 2.05) is 13.8 Å². The van der Waals surface area contributed by atoms with Gasteiger partial charge in [0.1, 0.15) is 24.4 Å². The summed E-state index contributed by atoms with van der Waals surface area (Å²) in [6, 6.07) is 7.12. The number of aromatic nitrogens is 1. The average Bonchev–Trinajstić information content (AvgIpc) is 3.28. The van der Waals surface area contributed by atoms with Gasteiger partial charge in [-0.1, -0.05) is 0 Å². The molecule has 3 aromatic rings. The predicted octanol–water partition coefficient (Wildman–Crippen LogP) is 3.28. The van der Waals surface area contributed by atoms with Crippen LogP contribution in [-0.2, 0) is 11.3 Å². The van der Waals surface area contributed by atoms with Crippen LogP contribution in [0.5, 0.6) is 11.5 Å². The van der Waals surface area contributed by atoms with Crippen molar-refractivity contribution in [1.82, 2.24) is 10.3 Å². The number of halogens is 2. The van der Waals surface area contributed by atoms with Gasteiger partial charge in [0.25, 0.3) is 11.8 Å². The molecule has 35 heavy (non-hydrogen) atoms. The number of Topliss-reactive ketones (excluding diaryl/α,β-unsaturated/α-hetero) is 1. The summed E-state index contributed by atoms with van der Waals surface area (Å²) in [6.07, 6.45) is 1.20. The second-order valence-electron chi connectivity index (χ2n) is 7.99. The van der Waals surface area contributed by atoms with Gasteiger partial charge in [-0.25, -0.2) is 13.8 Å². The average molecular weight is 485 g/mol. The van der Waals surface area contributed by atoms with E-state index in [2.05, 4.69) is 10.3 Å². The number of nitrogens with one attached hydrogen (secondary N) is 1. The monoisotopic (exact) mass is 485 g/mol. The Morgan fingerprint density at radius 2 is 2.00 bits per heavy atom. The summed E-state index contributed by atoms with van der Waals surface area (Å²) >= 11 is 0. The van der Waals surface area contributed by atoms with E-state index < -0.39 is 35.8 Å². The lowest BCUT2D eigenvalue weighted by Crippen LogP contribution is -2.38. The fraction of sp³-hybridized carbons (Fsp3) is 0.250. The largest absolute Gasteiger partial charge is 0.482 e. The molecule has 0 bridgehead atoms. The number of hydrogen-bond acceptors (Lipinski definition) is 7. The van der Waals surface area contributed by atoms with Crippen LogP contribution >= 0.6 is 0 Å². The van der Waals surface area contributed by atoms with E-state index in [4.69, 9.17) is 13.9 Å². The zero-order valence-electron chi connectivity index (χ0n) is 18.8. The van der Waals surface area contributed by atoms with Crippen LogP contribution < -0.4 is 19.7 Å². The Morgan fingerprint density at radius 3 is 2.74 bits per heavy atom. The van der Waals surface area contributed by atoms with Gasteiger partial charge in [0.15, 0.2) is 36.3 Å². The molecule has 0 radical (unpaired) electrons. The number of carbonyl (C=O) groups is 3. The van der Waals surface area contributed by atoms with Crippen LogP contribution in [0.2, 0.25) is 0 Å². The van der Waals surface area contributed by atoms with Crippen molar-refractivity contribution in [1.29, 1.82) is 0 Å². The molecular weight excluding hydrogens is 464 g/mol. The molecule has 11 heteroatoms. The molecule has 0 unspecified atom stereocenters. The van der Waals surface area contributed by atoms with Crippen LogP contribution in [0.1, 0.15) is 40.6 Å². The van der Waals surface area contributed by atoms with E-state index in [0.717, 1.165) is 12.1 Å². The first kappa shape index (κ1) is 23.9. The molecule has 0 saturated heterocycles. The number of carbonyl (C=O) groups excluding carboxylic acids is 3. The maximum atomic E-state index is 13.8. The van der Waals surface area contributed by atoms with Crippen LogP contribution in [-0.4, -0.2) is 41.8 Å². The second kappa shape index (κ2) is 9.92. The van der Waals surface area contributed by atoms with Crippen molar-refractivity contribution < 1.29 is 37.1 Å². The summed E-state index contributed by atoms with van der Waals surface area (Å²) in [4.78, 5) is 42.8. The molecule has 0 fully saturated rings. The number of oxazole rings is 1. The number of hydrogen-bond donors (Lipinski definition) is 1. The van der Waals surface area contributed by atoms with Crippen molar-refractivity contribution in [2.75, 3.05) is 18.1 Å². The van der Waals surface area contributed by atoms with Crippen LogP contribution in [0.15, 0.2) is 47.1 Å². The zero-order valence-corrected chi connectivity index (χ0v) is 18.8. The van der Waals surface area contributed by atoms with Gasteiger partial charge < -0.3 is 19.2 Å². The molecule has 1 N–H and O–H groups in total. The fourth-order valence-corrected chi connectivity index (χ4v) is 3.33. The molecule has 1 aromatic heterocycles. The molecule has 0 spiro atoms. The van der Waals surface area contributed by atoms with Gasteiger partial charge in [-0.05, 0) is 44.2 Å². The summed E-state index contributed by atoms with van der Waals surface area (Å²) < 4.78 is 42.8. The van der Waals surface area contributed by atoms with E-state index in [1.165, 1.54) is 29.4 Å². The summed E-state index contributed by atoms with van der Waals surface area (Å²) in [7, 11) is 0. The standard InChI is InChI=1S/C24H21F2N3O6/c1-13(2)27-24(32)17-10-35-22(28-17)9-29-18-7-14(3-5-21(18)34-12-23(29)31)19(30)11-33-20-6-4-15(25)8-16(20)26/h3-8,10,13H,9,11-12H2,1-2H3,(H,27,32).